The van der Waals surface area contributed by atoms with Crippen molar-refractivity contribution in [3.05, 3.63) is 24.3 Å². The van der Waals surface area contributed by atoms with Crippen molar-refractivity contribution in [2.75, 3.05) is 0 Å². The maximum atomic E-state index is 9.75. The number of unbranched alkanes of at least 4 members (excludes halogenated alkanes) is 4. The first-order chi connectivity index (χ1) is 10.3. The minimum absolute atomic E-state index is 0.257. The molecule has 1 N–H and O–H groups in total. The zero-order chi connectivity index (χ0) is 15.3. The number of allylic oxidation sites excluding steroid dienone is 3. The molecule has 1 fully saturated rings. The molecule has 0 unspecified atom stereocenters. The van der Waals surface area contributed by atoms with E-state index >= 15 is 0 Å². The number of rotatable bonds is 13. The maximum Gasteiger partial charge on any atom is 0.0723 e. The normalized spacial score (nSPS) is 23.2. The second-order valence-corrected chi connectivity index (χ2v) is 6.71. The Labute approximate surface area is 132 Å². The largest absolute Gasteiger partial charge is 0.389 e. The molecule has 21 heavy (non-hydrogen) atoms. The first-order valence-corrected chi connectivity index (χ1v) is 9.29. The van der Waals surface area contributed by atoms with Gasteiger partial charge in [0.25, 0.3) is 0 Å². The fraction of sp³-hybridized carbons (Fsp3) is 0.800. The van der Waals surface area contributed by atoms with Crippen LogP contribution in [0.4, 0.5) is 0 Å². The van der Waals surface area contributed by atoms with Crippen molar-refractivity contribution in [3.63, 3.8) is 0 Å². The highest BCUT2D eigenvalue weighted by molar-refractivity contribution is 5.05. The lowest BCUT2D eigenvalue weighted by molar-refractivity contribution is 0.208. The maximum absolute atomic E-state index is 9.75. The van der Waals surface area contributed by atoms with Crippen LogP contribution in [0.2, 0.25) is 0 Å². The average Bonchev–Trinajstić information content (AvgIpc) is 3.22. The van der Waals surface area contributed by atoms with Crippen LogP contribution < -0.4 is 0 Å². The van der Waals surface area contributed by atoms with Gasteiger partial charge in [0.05, 0.1) is 6.10 Å². The summed E-state index contributed by atoms with van der Waals surface area (Å²) in [6.45, 7) is 4.47. The van der Waals surface area contributed by atoms with Crippen molar-refractivity contribution >= 4 is 0 Å². The molecular weight excluding hydrogens is 256 g/mol. The van der Waals surface area contributed by atoms with Gasteiger partial charge in [-0.15, -0.1) is 0 Å². The monoisotopic (exact) mass is 292 g/mol. The van der Waals surface area contributed by atoms with Crippen molar-refractivity contribution < 1.29 is 5.11 Å². The van der Waals surface area contributed by atoms with Crippen LogP contribution >= 0.6 is 0 Å². The van der Waals surface area contributed by atoms with E-state index in [1.54, 1.807) is 0 Å². The molecule has 0 heterocycles. The fourth-order valence-corrected chi connectivity index (χ4v) is 3.05. The Morgan fingerprint density at radius 2 is 1.67 bits per heavy atom. The highest BCUT2D eigenvalue weighted by atomic mass is 16.3. The van der Waals surface area contributed by atoms with Gasteiger partial charge in [-0.25, -0.2) is 0 Å². The third-order valence-corrected chi connectivity index (χ3v) is 4.64. The van der Waals surface area contributed by atoms with Crippen LogP contribution in [0, 0.1) is 11.8 Å². The van der Waals surface area contributed by atoms with Crippen molar-refractivity contribution in [1.29, 1.82) is 0 Å². The summed E-state index contributed by atoms with van der Waals surface area (Å²) in [4.78, 5) is 0. The highest BCUT2D eigenvalue weighted by Crippen LogP contribution is 2.45. The molecule has 0 amide bonds. The molecule has 1 nitrogen and oxygen atoms in total. The molecule has 1 saturated carbocycles. The van der Waals surface area contributed by atoms with E-state index in [-0.39, 0.29) is 6.10 Å². The Morgan fingerprint density at radius 3 is 2.43 bits per heavy atom. The number of aliphatic hydroxyl groups is 1. The Hall–Kier alpha value is -0.560. The van der Waals surface area contributed by atoms with E-state index in [4.69, 9.17) is 0 Å². The summed E-state index contributed by atoms with van der Waals surface area (Å²) < 4.78 is 0. The summed E-state index contributed by atoms with van der Waals surface area (Å²) in [5, 5.41) is 9.75. The standard InChI is InChI=1S/C20H36O/c1-3-5-9-13-18-17-19(18)14-11-7-8-12-16-20(21)15-10-6-4-2/h7-8,12,16,18-21H,3-6,9-11,13-15,17H2,1-2H3/b8-7-,16-12+/t18-,19+,20-/m1/s1. The minimum atomic E-state index is -0.257. The molecule has 0 aromatic heterocycles. The van der Waals surface area contributed by atoms with E-state index in [0.717, 1.165) is 24.7 Å². The summed E-state index contributed by atoms with van der Waals surface area (Å²) in [7, 11) is 0. The molecule has 0 radical (unpaired) electrons. The Kier molecular flexibility index (Phi) is 10.6. The number of hydrogen-bond acceptors (Lipinski definition) is 1. The van der Waals surface area contributed by atoms with Gasteiger partial charge in [-0.3, -0.25) is 0 Å². The molecule has 0 spiro atoms. The second kappa shape index (κ2) is 12.0. The van der Waals surface area contributed by atoms with Crippen LogP contribution in [-0.4, -0.2) is 11.2 Å². The minimum Gasteiger partial charge on any atom is -0.389 e. The number of hydrogen-bond donors (Lipinski definition) is 1. The van der Waals surface area contributed by atoms with Crippen LogP contribution in [0.3, 0.4) is 0 Å². The van der Waals surface area contributed by atoms with Crippen molar-refractivity contribution in [2.24, 2.45) is 11.8 Å². The van der Waals surface area contributed by atoms with Gasteiger partial charge in [0.1, 0.15) is 0 Å². The Morgan fingerprint density at radius 1 is 0.952 bits per heavy atom. The lowest BCUT2D eigenvalue weighted by Gasteiger charge is -2.03. The van der Waals surface area contributed by atoms with Crippen molar-refractivity contribution in [1.82, 2.24) is 0 Å². The van der Waals surface area contributed by atoms with E-state index < -0.39 is 0 Å². The van der Waals surface area contributed by atoms with Gasteiger partial charge >= 0.3 is 0 Å². The van der Waals surface area contributed by atoms with Crippen LogP contribution in [0.1, 0.15) is 84.5 Å². The SMILES string of the molecule is CCCCC[C@@H]1C[C@@H]1CC/C=C\C=C\[C@H](O)CCCCC. The fourth-order valence-electron chi connectivity index (χ4n) is 3.05. The van der Waals surface area contributed by atoms with Crippen molar-refractivity contribution in [2.45, 2.75) is 90.6 Å². The lowest BCUT2D eigenvalue weighted by atomic mass is 10.1. The van der Waals surface area contributed by atoms with Gasteiger partial charge < -0.3 is 5.11 Å². The smallest absolute Gasteiger partial charge is 0.0723 e. The molecular formula is C20H36O. The van der Waals surface area contributed by atoms with E-state index in [1.165, 1.54) is 57.8 Å². The molecule has 3 atom stereocenters. The first-order valence-electron chi connectivity index (χ1n) is 9.29. The summed E-state index contributed by atoms with van der Waals surface area (Å²) in [5.41, 5.74) is 0. The van der Waals surface area contributed by atoms with Gasteiger partial charge in [-0.05, 0) is 37.5 Å². The van der Waals surface area contributed by atoms with Crippen LogP contribution in [0.15, 0.2) is 24.3 Å². The van der Waals surface area contributed by atoms with Gasteiger partial charge in [0, 0.05) is 0 Å². The highest BCUT2D eigenvalue weighted by Gasteiger charge is 2.34. The second-order valence-electron chi connectivity index (χ2n) is 6.71. The third kappa shape index (κ3) is 9.90. The summed E-state index contributed by atoms with van der Waals surface area (Å²) in [5.74, 6) is 2.05. The molecule has 0 saturated heterocycles. The average molecular weight is 293 g/mol. The molecule has 0 aromatic rings. The predicted molar refractivity (Wildman–Crippen MR) is 93.4 cm³/mol. The van der Waals surface area contributed by atoms with Gasteiger partial charge in [-0.1, -0.05) is 83.1 Å². The Balaban J connectivity index is 1.95. The summed E-state index contributed by atoms with van der Waals surface area (Å²) in [6, 6.07) is 0. The van der Waals surface area contributed by atoms with Gasteiger partial charge in [-0.2, -0.15) is 0 Å². The number of aliphatic hydroxyl groups excluding tert-OH is 1. The van der Waals surface area contributed by atoms with Crippen LogP contribution in [0.5, 0.6) is 0 Å². The van der Waals surface area contributed by atoms with E-state index in [0.29, 0.717) is 0 Å². The van der Waals surface area contributed by atoms with Gasteiger partial charge in [0.15, 0.2) is 0 Å². The van der Waals surface area contributed by atoms with E-state index in [2.05, 4.69) is 26.0 Å². The molecule has 0 bridgehead atoms. The zero-order valence-corrected chi connectivity index (χ0v) is 14.3. The lowest BCUT2D eigenvalue weighted by Crippen LogP contribution is -2.00. The van der Waals surface area contributed by atoms with Gasteiger partial charge in [0.2, 0.25) is 0 Å². The predicted octanol–water partition coefficient (Wildman–Crippen LogP) is 6.04. The molecule has 122 valence electrons. The summed E-state index contributed by atoms with van der Waals surface area (Å²) >= 11 is 0. The first kappa shape index (κ1) is 18.5. The molecule has 1 rings (SSSR count). The molecule has 1 aliphatic rings. The Bertz CT molecular complexity index is 292. The quantitative estimate of drug-likeness (QED) is 0.324. The molecule has 0 aliphatic heterocycles. The molecule has 0 aromatic carbocycles. The van der Waals surface area contributed by atoms with Crippen molar-refractivity contribution in [3.8, 4) is 0 Å². The summed E-state index contributed by atoms with van der Waals surface area (Å²) in [6.07, 6.45) is 22.2. The van der Waals surface area contributed by atoms with Crippen LogP contribution in [-0.2, 0) is 0 Å². The topological polar surface area (TPSA) is 20.2 Å². The van der Waals surface area contributed by atoms with E-state index in [9.17, 15) is 5.11 Å². The molecule has 1 heteroatoms. The van der Waals surface area contributed by atoms with Crippen LogP contribution in [0.25, 0.3) is 0 Å². The van der Waals surface area contributed by atoms with E-state index in [1.807, 2.05) is 12.2 Å². The zero-order valence-electron chi connectivity index (χ0n) is 14.3. The third-order valence-electron chi connectivity index (χ3n) is 4.64. The molecule has 1 aliphatic carbocycles.